The topological polar surface area (TPSA) is 54.5 Å². The molecule has 1 amide bonds. The minimum absolute atomic E-state index is 0.0437. The Labute approximate surface area is 127 Å². The SMILES string of the molecule is O=C1c2cc(S(=O)(=O)Cl)ccc2CN1Cc1ccccc1. The van der Waals surface area contributed by atoms with Gasteiger partial charge in [-0.25, -0.2) is 8.42 Å². The van der Waals surface area contributed by atoms with Crippen LogP contribution >= 0.6 is 10.7 Å². The molecule has 0 saturated carbocycles. The van der Waals surface area contributed by atoms with E-state index in [1.54, 1.807) is 11.0 Å². The van der Waals surface area contributed by atoms with Crippen molar-refractivity contribution in [2.24, 2.45) is 0 Å². The van der Waals surface area contributed by atoms with Crippen LogP contribution < -0.4 is 0 Å². The van der Waals surface area contributed by atoms with Gasteiger partial charge in [0.1, 0.15) is 0 Å². The molecule has 108 valence electrons. The minimum atomic E-state index is -3.82. The van der Waals surface area contributed by atoms with Crippen LogP contribution in [0.1, 0.15) is 21.5 Å². The van der Waals surface area contributed by atoms with E-state index in [1.807, 2.05) is 30.3 Å². The molecule has 0 aliphatic carbocycles. The maximum atomic E-state index is 12.4. The van der Waals surface area contributed by atoms with Crippen LogP contribution in [0.15, 0.2) is 53.4 Å². The fourth-order valence-electron chi connectivity index (χ4n) is 2.42. The third kappa shape index (κ3) is 2.80. The molecule has 6 heteroatoms. The van der Waals surface area contributed by atoms with Crippen LogP contribution in [0, 0.1) is 0 Å². The summed E-state index contributed by atoms with van der Waals surface area (Å²) >= 11 is 0. The highest BCUT2D eigenvalue weighted by Gasteiger charge is 2.28. The van der Waals surface area contributed by atoms with Gasteiger partial charge in [0, 0.05) is 29.3 Å². The van der Waals surface area contributed by atoms with Crippen molar-refractivity contribution in [3.8, 4) is 0 Å². The average Bonchev–Trinajstić information content (AvgIpc) is 2.75. The van der Waals surface area contributed by atoms with Gasteiger partial charge < -0.3 is 4.90 Å². The van der Waals surface area contributed by atoms with E-state index >= 15 is 0 Å². The van der Waals surface area contributed by atoms with E-state index < -0.39 is 9.05 Å². The molecule has 0 bridgehead atoms. The molecule has 0 saturated heterocycles. The van der Waals surface area contributed by atoms with Crippen LogP contribution in [0.4, 0.5) is 0 Å². The van der Waals surface area contributed by atoms with Crippen molar-refractivity contribution in [2.75, 3.05) is 0 Å². The quantitative estimate of drug-likeness (QED) is 0.817. The Bertz CT molecular complexity index is 803. The molecule has 2 aromatic carbocycles. The zero-order valence-corrected chi connectivity index (χ0v) is 12.6. The number of amides is 1. The van der Waals surface area contributed by atoms with E-state index in [1.165, 1.54) is 12.1 Å². The van der Waals surface area contributed by atoms with Gasteiger partial charge in [-0.15, -0.1) is 0 Å². The molecule has 1 aliphatic rings. The standard InChI is InChI=1S/C15H12ClNO3S/c16-21(19,20)13-7-6-12-10-17(15(18)14(12)8-13)9-11-4-2-1-3-5-11/h1-8H,9-10H2. The van der Waals surface area contributed by atoms with Crippen molar-refractivity contribution in [3.05, 3.63) is 65.2 Å². The Hall–Kier alpha value is -1.85. The highest BCUT2D eigenvalue weighted by atomic mass is 35.7. The predicted octanol–water partition coefficient (Wildman–Crippen LogP) is 2.77. The highest BCUT2D eigenvalue weighted by Crippen LogP contribution is 2.27. The summed E-state index contributed by atoms with van der Waals surface area (Å²) in [4.78, 5) is 14.0. The Morgan fingerprint density at radius 1 is 1.10 bits per heavy atom. The van der Waals surface area contributed by atoms with Crippen molar-refractivity contribution in [2.45, 2.75) is 18.0 Å². The fraction of sp³-hybridized carbons (Fsp3) is 0.133. The van der Waals surface area contributed by atoms with E-state index in [0.717, 1.165) is 11.1 Å². The summed E-state index contributed by atoms with van der Waals surface area (Å²) in [5.74, 6) is -0.170. The lowest BCUT2D eigenvalue weighted by molar-refractivity contribution is 0.0766. The number of fused-ring (bicyclic) bond motifs is 1. The summed E-state index contributed by atoms with van der Waals surface area (Å²) in [6.07, 6.45) is 0. The molecule has 0 aromatic heterocycles. The minimum Gasteiger partial charge on any atom is -0.330 e. The lowest BCUT2D eigenvalue weighted by Gasteiger charge is -2.15. The molecular formula is C15H12ClNO3S. The number of benzene rings is 2. The van der Waals surface area contributed by atoms with Gasteiger partial charge in [0.05, 0.1) is 4.90 Å². The molecule has 0 atom stereocenters. The van der Waals surface area contributed by atoms with Gasteiger partial charge in [-0.1, -0.05) is 36.4 Å². The predicted molar refractivity (Wildman–Crippen MR) is 79.5 cm³/mol. The van der Waals surface area contributed by atoms with Crippen LogP contribution in [0.5, 0.6) is 0 Å². The first-order valence-electron chi connectivity index (χ1n) is 6.36. The molecule has 0 unspecified atom stereocenters. The third-order valence-electron chi connectivity index (χ3n) is 3.46. The maximum Gasteiger partial charge on any atom is 0.261 e. The van der Waals surface area contributed by atoms with Gasteiger partial charge in [0.25, 0.3) is 15.0 Å². The second-order valence-corrected chi connectivity index (χ2v) is 7.47. The summed E-state index contributed by atoms with van der Waals surface area (Å²) in [6, 6.07) is 14.1. The van der Waals surface area contributed by atoms with E-state index in [-0.39, 0.29) is 10.8 Å². The monoisotopic (exact) mass is 321 g/mol. The zero-order valence-electron chi connectivity index (χ0n) is 11.0. The molecule has 0 N–H and O–H groups in total. The summed E-state index contributed by atoms with van der Waals surface area (Å²) in [6.45, 7) is 0.975. The zero-order chi connectivity index (χ0) is 15.0. The lowest BCUT2D eigenvalue weighted by atomic mass is 10.1. The van der Waals surface area contributed by atoms with E-state index in [9.17, 15) is 13.2 Å². The van der Waals surface area contributed by atoms with Crippen molar-refractivity contribution < 1.29 is 13.2 Å². The second-order valence-electron chi connectivity index (χ2n) is 4.90. The molecule has 0 radical (unpaired) electrons. The molecular weight excluding hydrogens is 310 g/mol. The second kappa shape index (κ2) is 5.16. The first-order chi connectivity index (χ1) is 9.95. The van der Waals surface area contributed by atoms with Gasteiger partial charge in [-0.2, -0.15) is 0 Å². The lowest BCUT2D eigenvalue weighted by Crippen LogP contribution is -2.23. The van der Waals surface area contributed by atoms with E-state index in [0.29, 0.717) is 18.7 Å². The molecule has 21 heavy (non-hydrogen) atoms. The molecule has 1 aliphatic heterocycles. The fourth-order valence-corrected chi connectivity index (χ4v) is 3.20. The summed E-state index contributed by atoms with van der Waals surface area (Å²) in [7, 11) is 1.50. The summed E-state index contributed by atoms with van der Waals surface area (Å²) in [5, 5.41) is 0. The van der Waals surface area contributed by atoms with Crippen LogP contribution in [0.2, 0.25) is 0 Å². The van der Waals surface area contributed by atoms with Crippen LogP contribution in [-0.2, 0) is 22.1 Å². The van der Waals surface area contributed by atoms with Gasteiger partial charge in [0.2, 0.25) is 0 Å². The number of carbonyl (C=O) groups is 1. The third-order valence-corrected chi connectivity index (χ3v) is 4.81. The maximum absolute atomic E-state index is 12.4. The van der Waals surface area contributed by atoms with E-state index in [2.05, 4.69) is 0 Å². The molecule has 1 heterocycles. The van der Waals surface area contributed by atoms with Crippen molar-refractivity contribution in [1.82, 2.24) is 4.90 Å². The Balaban J connectivity index is 1.89. The molecule has 4 nitrogen and oxygen atoms in total. The van der Waals surface area contributed by atoms with Gasteiger partial charge >= 0.3 is 0 Å². The highest BCUT2D eigenvalue weighted by molar-refractivity contribution is 8.13. The van der Waals surface area contributed by atoms with Gasteiger partial charge in [-0.3, -0.25) is 4.79 Å². The number of rotatable bonds is 3. The van der Waals surface area contributed by atoms with Crippen molar-refractivity contribution in [1.29, 1.82) is 0 Å². The van der Waals surface area contributed by atoms with Gasteiger partial charge in [0.15, 0.2) is 0 Å². The Kier molecular flexibility index (Phi) is 3.47. The number of hydrogen-bond acceptors (Lipinski definition) is 3. The average molecular weight is 322 g/mol. The number of halogens is 1. The molecule has 0 fully saturated rings. The van der Waals surface area contributed by atoms with Crippen LogP contribution in [0.25, 0.3) is 0 Å². The van der Waals surface area contributed by atoms with Crippen LogP contribution in [0.3, 0.4) is 0 Å². The molecule has 0 spiro atoms. The van der Waals surface area contributed by atoms with Crippen LogP contribution in [-0.4, -0.2) is 19.2 Å². The number of carbonyl (C=O) groups excluding carboxylic acids is 1. The smallest absolute Gasteiger partial charge is 0.261 e. The largest absolute Gasteiger partial charge is 0.330 e. The van der Waals surface area contributed by atoms with Gasteiger partial charge in [-0.05, 0) is 23.3 Å². The van der Waals surface area contributed by atoms with Crippen molar-refractivity contribution in [3.63, 3.8) is 0 Å². The van der Waals surface area contributed by atoms with E-state index in [4.69, 9.17) is 10.7 Å². The normalized spacial score (nSPS) is 14.3. The Morgan fingerprint density at radius 2 is 1.81 bits per heavy atom. The summed E-state index contributed by atoms with van der Waals surface area (Å²) < 4.78 is 22.7. The number of nitrogens with zero attached hydrogens (tertiary/aromatic N) is 1. The van der Waals surface area contributed by atoms with Crippen molar-refractivity contribution >= 4 is 25.6 Å². The first kappa shape index (κ1) is 14.1. The number of hydrogen-bond donors (Lipinski definition) is 0. The summed E-state index contributed by atoms with van der Waals surface area (Å²) in [5.41, 5.74) is 2.26. The first-order valence-corrected chi connectivity index (χ1v) is 8.67. The molecule has 2 aromatic rings. The Morgan fingerprint density at radius 3 is 2.48 bits per heavy atom. The molecule has 3 rings (SSSR count).